The van der Waals surface area contributed by atoms with Crippen molar-refractivity contribution >= 4 is 0 Å². The summed E-state index contributed by atoms with van der Waals surface area (Å²) in [7, 11) is 0. The molecular formula is C18H30N2O. The van der Waals surface area contributed by atoms with Crippen LogP contribution in [0.25, 0.3) is 0 Å². The van der Waals surface area contributed by atoms with E-state index in [-0.39, 0.29) is 6.04 Å². The summed E-state index contributed by atoms with van der Waals surface area (Å²) in [5.74, 6) is 1.04. The highest BCUT2D eigenvalue weighted by molar-refractivity contribution is 5.34. The lowest BCUT2D eigenvalue weighted by Crippen LogP contribution is -2.37. The number of hydrogen-bond donors (Lipinski definition) is 2. The Balaban J connectivity index is 1.81. The third-order valence-corrected chi connectivity index (χ3v) is 4.45. The number of benzene rings is 1. The van der Waals surface area contributed by atoms with Crippen LogP contribution in [0.3, 0.4) is 0 Å². The Morgan fingerprint density at radius 1 is 1.19 bits per heavy atom. The molecule has 2 atom stereocenters. The number of piperidine rings is 1. The number of hydrogen-bond acceptors (Lipinski definition) is 3. The van der Waals surface area contributed by atoms with Crippen molar-refractivity contribution in [3.05, 3.63) is 29.8 Å². The maximum atomic E-state index is 9.99. The molecule has 1 fully saturated rings. The van der Waals surface area contributed by atoms with E-state index in [2.05, 4.69) is 24.1 Å². The molecule has 2 rings (SSSR count). The van der Waals surface area contributed by atoms with Crippen molar-refractivity contribution in [1.29, 1.82) is 0 Å². The van der Waals surface area contributed by atoms with Crippen molar-refractivity contribution in [3.63, 3.8) is 0 Å². The first-order chi connectivity index (χ1) is 10.2. The van der Waals surface area contributed by atoms with Crippen LogP contribution in [0.5, 0.6) is 5.75 Å². The quantitative estimate of drug-likeness (QED) is 0.806. The second kappa shape index (κ2) is 8.40. The first-order valence-electron chi connectivity index (χ1n) is 8.44. The summed E-state index contributed by atoms with van der Waals surface area (Å²) in [6.07, 6.45) is 5.10. The van der Waals surface area contributed by atoms with Gasteiger partial charge in [0.25, 0.3) is 0 Å². The summed E-state index contributed by atoms with van der Waals surface area (Å²) >= 11 is 0. The third kappa shape index (κ3) is 5.01. The van der Waals surface area contributed by atoms with Gasteiger partial charge in [0, 0.05) is 18.2 Å². The van der Waals surface area contributed by atoms with E-state index in [1.54, 1.807) is 6.07 Å². The Labute approximate surface area is 129 Å². The summed E-state index contributed by atoms with van der Waals surface area (Å²) < 4.78 is 0. The van der Waals surface area contributed by atoms with Crippen molar-refractivity contribution in [3.8, 4) is 5.75 Å². The highest BCUT2D eigenvalue weighted by Gasteiger charge is 2.16. The van der Waals surface area contributed by atoms with Gasteiger partial charge in [-0.15, -0.1) is 0 Å². The Hall–Kier alpha value is -1.06. The summed E-state index contributed by atoms with van der Waals surface area (Å²) in [6, 6.07) is 7.92. The molecule has 1 aliphatic heterocycles. The molecule has 0 amide bonds. The smallest absolute Gasteiger partial charge is 0.120 e. The molecule has 0 saturated carbocycles. The van der Waals surface area contributed by atoms with Crippen molar-refractivity contribution in [2.75, 3.05) is 26.2 Å². The summed E-state index contributed by atoms with van der Waals surface area (Å²) in [6.45, 7) is 9.20. The summed E-state index contributed by atoms with van der Waals surface area (Å²) in [4.78, 5) is 2.59. The van der Waals surface area contributed by atoms with Crippen molar-refractivity contribution in [2.45, 2.75) is 45.6 Å². The van der Waals surface area contributed by atoms with E-state index in [4.69, 9.17) is 0 Å². The Morgan fingerprint density at radius 3 is 2.57 bits per heavy atom. The second-order valence-corrected chi connectivity index (χ2v) is 6.39. The highest BCUT2D eigenvalue weighted by atomic mass is 16.3. The normalized spacial score (nSPS) is 19.3. The predicted octanol–water partition coefficient (Wildman–Crippen LogP) is 3.55. The van der Waals surface area contributed by atoms with Gasteiger partial charge in [-0.2, -0.15) is 0 Å². The molecule has 1 heterocycles. The lowest BCUT2D eigenvalue weighted by Gasteiger charge is -2.30. The number of aromatic hydroxyl groups is 1. The van der Waals surface area contributed by atoms with Crippen LogP contribution in [0, 0.1) is 5.92 Å². The van der Waals surface area contributed by atoms with Crippen LogP contribution < -0.4 is 5.32 Å². The molecule has 0 aromatic heterocycles. The lowest BCUT2D eigenvalue weighted by atomic mass is 10.0. The molecule has 0 aliphatic carbocycles. The van der Waals surface area contributed by atoms with Gasteiger partial charge in [0.15, 0.2) is 0 Å². The molecule has 2 N–H and O–H groups in total. The van der Waals surface area contributed by atoms with Gasteiger partial charge in [-0.3, -0.25) is 0 Å². The Kier molecular flexibility index (Phi) is 6.52. The Morgan fingerprint density at radius 2 is 1.90 bits per heavy atom. The number of rotatable bonds is 7. The van der Waals surface area contributed by atoms with Gasteiger partial charge in [-0.25, -0.2) is 0 Å². The molecule has 3 nitrogen and oxygen atoms in total. The van der Waals surface area contributed by atoms with Crippen LogP contribution in [-0.2, 0) is 0 Å². The maximum absolute atomic E-state index is 9.99. The zero-order valence-electron chi connectivity index (χ0n) is 13.5. The average Bonchev–Trinajstić information content (AvgIpc) is 2.50. The monoisotopic (exact) mass is 290 g/mol. The van der Waals surface area contributed by atoms with E-state index in [0.717, 1.165) is 18.5 Å². The van der Waals surface area contributed by atoms with E-state index in [9.17, 15) is 5.11 Å². The van der Waals surface area contributed by atoms with Crippen molar-refractivity contribution in [2.24, 2.45) is 5.92 Å². The molecule has 0 radical (unpaired) electrons. The highest BCUT2D eigenvalue weighted by Crippen LogP contribution is 2.25. The van der Waals surface area contributed by atoms with Gasteiger partial charge >= 0.3 is 0 Å². The van der Waals surface area contributed by atoms with E-state index in [0.29, 0.717) is 11.7 Å². The first-order valence-corrected chi connectivity index (χ1v) is 8.44. The molecular weight excluding hydrogens is 260 g/mol. The molecule has 2 unspecified atom stereocenters. The molecule has 3 heteroatoms. The van der Waals surface area contributed by atoms with E-state index in [1.807, 2.05) is 18.2 Å². The minimum Gasteiger partial charge on any atom is -0.508 e. The zero-order chi connectivity index (χ0) is 15.1. The number of phenolic OH excluding ortho intramolecular Hbond substituents is 1. The van der Waals surface area contributed by atoms with Crippen LogP contribution in [0.2, 0.25) is 0 Å². The van der Waals surface area contributed by atoms with Gasteiger partial charge in [0.05, 0.1) is 0 Å². The summed E-state index contributed by atoms with van der Waals surface area (Å²) in [5, 5.41) is 13.6. The van der Waals surface area contributed by atoms with Crippen molar-refractivity contribution in [1.82, 2.24) is 10.2 Å². The first kappa shape index (κ1) is 16.3. The Bertz CT molecular complexity index is 415. The molecule has 0 bridgehead atoms. The average molecular weight is 290 g/mol. The number of para-hydroxylation sites is 1. The second-order valence-electron chi connectivity index (χ2n) is 6.39. The topological polar surface area (TPSA) is 35.5 Å². The molecule has 1 aromatic carbocycles. The fraction of sp³-hybridized carbons (Fsp3) is 0.667. The molecule has 1 aromatic rings. The van der Waals surface area contributed by atoms with E-state index < -0.39 is 0 Å². The van der Waals surface area contributed by atoms with Crippen LogP contribution in [0.1, 0.15) is 51.1 Å². The van der Waals surface area contributed by atoms with E-state index in [1.165, 1.54) is 38.9 Å². The van der Waals surface area contributed by atoms with Gasteiger partial charge in [-0.05, 0) is 50.9 Å². The molecule has 1 aliphatic rings. The predicted molar refractivity (Wildman–Crippen MR) is 88.6 cm³/mol. The van der Waals surface area contributed by atoms with Gasteiger partial charge < -0.3 is 15.3 Å². The van der Waals surface area contributed by atoms with E-state index >= 15 is 0 Å². The number of phenols is 1. The summed E-state index contributed by atoms with van der Waals surface area (Å²) in [5.41, 5.74) is 1.02. The van der Waals surface area contributed by atoms with Gasteiger partial charge in [0.2, 0.25) is 0 Å². The fourth-order valence-corrected chi connectivity index (χ4v) is 3.25. The largest absolute Gasteiger partial charge is 0.508 e. The minimum absolute atomic E-state index is 0.245. The SMILES string of the molecule is CCC(NCC(C)CN1CCCCC1)c1ccccc1O. The van der Waals surface area contributed by atoms with Crippen LogP contribution in [-0.4, -0.2) is 36.2 Å². The molecule has 1 saturated heterocycles. The van der Waals surface area contributed by atoms with Gasteiger partial charge in [-0.1, -0.05) is 38.5 Å². The van der Waals surface area contributed by atoms with Crippen LogP contribution in [0.15, 0.2) is 24.3 Å². The number of likely N-dealkylation sites (tertiary alicyclic amines) is 1. The number of nitrogens with zero attached hydrogens (tertiary/aromatic N) is 1. The maximum Gasteiger partial charge on any atom is 0.120 e. The standard InChI is InChI=1S/C18H30N2O/c1-3-17(16-9-5-6-10-18(16)21)19-13-15(2)14-20-11-7-4-8-12-20/h5-6,9-10,15,17,19,21H,3-4,7-8,11-14H2,1-2H3. The lowest BCUT2D eigenvalue weighted by molar-refractivity contribution is 0.197. The fourth-order valence-electron chi connectivity index (χ4n) is 3.25. The van der Waals surface area contributed by atoms with Crippen molar-refractivity contribution < 1.29 is 5.11 Å². The number of nitrogens with one attached hydrogen (secondary N) is 1. The molecule has 118 valence electrons. The van der Waals surface area contributed by atoms with Gasteiger partial charge in [0.1, 0.15) is 5.75 Å². The molecule has 21 heavy (non-hydrogen) atoms. The third-order valence-electron chi connectivity index (χ3n) is 4.45. The zero-order valence-corrected chi connectivity index (χ0v) is 13.5. The van der Waals surface area contributed by atoms with Crippen LogP contribution >= 0.6 is 0 Å². The minimum atomic E-state index is 0.245. The molecule has 0 spiro atoms. The van der Waals surface area contributed by atoms with Crippen LogP contribution in [0.4, 0.5) is 0 Å².